The van der Waals surface area contributed by atoms with Gasteiger partial charge in [0.15, 0.2) is 0 Å². The highest BCUT2D eigenvalue weighted by molar-refractivity contribution is 4.91. The summed E-state index contributed by atoms with van der Waals surface area (Å²) >= 11 is 0. The van der Waals surface area contributed by atoms with E-state index in [0.717, 1.165) is 5.92 Å². The summed E-state index contributed by atoms with van der Waals surface area (Å²) < 4.78 is 2.26. The normalized spacial score (nSPS) is 18.2. The van der Waals surface area contributed by atoms with Crippen LogP contribution in [0.4, 0.5) is 0 Å². The van der Waals surface area contributed by atoms with Crippen molar-refractivity contribution < 1.29 is 0 Å². The fourth-order valence-corrected chi connectivity index (χ4v) is 1.09. The monoisotopic (exact) mass is 121 g/mol. The molecule has 48 valence electrons. The van der Waals surface area contributed by atoms with Crippen LogP contribution in [0, 0.1) is 5.92 Å². The zero-order valence-corrected chi connectivity index (χ0v) is 5.46. The summed E-state index contributed by atoms with van der Waals surface area (Å²) in [5.41, 5.74) is 0. The predicted octanol–water partition coefficient (Wildman–Crippen LogP) is 1.90. The molecule has 1 aliphatic rings. The molecule has 0 amide bonds. The Hall–Kier alpha value is -0.720. The first-order valence-corrected chi connectivity index (χ1v) is 3.56. The Bertz CT molecular complexity index is 172. The molecule has 1 saturated carbocycles. The summed E-state index contributed by atoms with van der Waals surface area (Å²) in [5.74, 6) is 0.998. The van der Waals surface area contributed by atoms with Crippen LogP contribution < -0.4 is 0 Å². The van der Waals surface area contributed by atoms with E-state index in [0.29, 0.717) is 0 Å². The van der Waals surface area contributed by atoms with Gasteiger partial charge in [0.05, 0.1) is 0 Å². The van der Waals surface area contributed by atoms with Gasteiger partial charge in [0.1, 0.15) is 0 Å². The number of nitrogens with zero attached hydrogens (tertiary/aromatic N) is 1. The molecule has 1 heteroatoms. The highest BCUT2D eigenvalue weighted by atomic mass is 14.9. The lowest BCUT2D eigenvalue weighted by molar-refractivity contribution is 0.630. The van der Waals surface area contributed by atoms with Gasteiger partial charge in [0.25, 0.3) is 0 Å². The zero-order chi connectivity index (χ0) is 6.10. The number of aromatic nitrogens is 1. The maximum atomic E-state index is 2.26. The van der Waals surface area contributed by atoms with Gasteiger partial charge >= 0.3 is 0 Å². The minimum atomic E-state index is 0.998. The second kappa shape index (κ2) is 1.90. The Morgan fingerprint density at radius 3 is 2.44 bits per heavy atom. The standard InChI is InChI=1S/C8H11N/c1-2-6-9(5-1)7-8-3-4-8/h1-2,5-6,8H,3-4,7H2. The van der Waals surface area contributed by atoms with Gasteiger partial charge in [-0.3, -0.25) is 0 Å². The van der Waals surface area contributed by atoms with Gasteiger partial charge < -0.3 is 4.57 Å². The molecule has 0 saturated heterocycles. The third-order valence-electron chi connectivity index (χ3n) is 1.83. The Kier molecular flexibility index (Phi) is 1.08. The van der Waals surface area contributed by atoms with Gasteiger partial charge in [-0.05, 0) is 30.9 Å². The third kappa shape index (κ3) is 1.15. The summed E-state index contributed by atoms with van der Waals surface area (Å²) in [5, 5.41) is 0. The largest absolute Gasteiger partial charge is 0.354 e. The van der Waals surface area contributed by atoms with Crippen molar-refractivity contribution >= 4 is 0 Å². The SMILES string of the molecule is c1ccn(CC2CC2)c1. The van der Waals surface area contributed by atoms with Crippen LogP contribution >= 0.6 is 0 Å². The molecule has 1 fully saturated rings. The average molecular weight is 121 g/mol. The van der Waals surface area contributed by atoms with Crippen LogP contribution in [0.25, 0.3) is 0 Å². The summed E-state index contributed by atoms with van der Waals surface area (Å²) in [6, 6.07) is 4.17. The van der Waals surface area contributed by atoms with E-state index in [1.54, 1.807) is 0 Å². The molecular formula is C8H11N. The second-order valence-electron chi connectivity index (χ2n) is 2.82. The van der Waals surface area contributed by atoms with Crippen LogP contribution in [0.1, 0.15) is 12.8 Å². The molecule has 0 aliphatic heterocycles. The number of hydrogen-bond donors (Lipinski definition) is 0. The first kappa shape index (κ1) is 5.10. The molecule has 0 spiro atoms. The van der Waals surface area contributed by atoms with Gasteiger partial charge in [-0.25, -0.2) is 0 Å². The molecule has 0 atom stereocenters. The van der Waals surface area contributed by atoms with E-state index >= 15 is 0 Å². The van der Waals surface area contributed by atoms with Crippen molar-refractivity contribution in [1.29, 1.82) is 0 Å². The van der Waals surface area contributed by atoms with E-state index in [1.807, 2.05) is 0 Å². The molecule has 0 unspecified atom stereocenters. The molecule has 2 rings (SSSR count). The predicted molar refractivity (Wildman–Crippen MR) is 37.2 cm³/mol. The van der Waals surface area contributed by atoms with E-state index in [-0.39, 0.29) is 0 Å². The highest BCUT2D eigenvalue weighted by Gasteiger charge is 2.20. The number of hydrogen-bond acceptors (Lipinski definition) is 0. The maximum absolute atomic E-state index is 2.26. The zero-order valence-electron chi connectivity index (χ0n) is 5.46. The topological polar surface area (TPSA) is 4.93 Å². The van der Waals surface area contributed by atoms with Gasteiger partial charge in [-0.1, -0.05) is 0 Å². The van der Waals surface area contributed by atoms with Crippen LogP contribution in [-0.2, 0) is 6.54 Å². The summed E-state index contributed by atoms with van der Waals surface area (Å²) in [7, 11) is 0. The Morgan fingerprint density at radius 1 is 1.22 bits per heavy atom. The summed E-state index contributed by atoms with van der Waals surface area (Å²) in [4.78, 5) is 0. The van der Waals surface area contributed by atoms with Gasteiger partial charge in [0, 0.05) is 18.9 Å². The average Bonchev–Trinajstić information content (AvgIpc) is 2.46. The first-order valence-electron chi connectivity index (χ1n) is 3.56. The lowest BCUT2D eigenvalue weighted by atomic mass is 10.4. The minimum Gasteiger partial charge on any atom is -0.354 e. The molecule has 9 heavy (non-hydrogen) atoms. The fourth-order valence-electron chi connectivity index (χ4n) is 1.09. The van der Waals surface area contributed by atoms with Crippen LogP contribution in [0.2, 0.25) is 0 Å². The van der Waals surface area contributed by atoms with Crippen LogP contribution in [0.5, 0.6) is 0 Å². The van der Waals surface area contributed by atoms with E-state index in [9.17, 15) is 0 Å². The Labute approximate surface area is 55.3 Å². The van der Waals surface area contributed by atoms with Crippen molar-refractivity contribution in [2.45, 2.75) is 19.4 Å². The summed E-state index contributed by atoms with van der Waals surface area (Å²) in [6.45, 7) is 1.24. The van der Waals surface area contributed by atoms with Crippen molar-refractivity contribution in [3.8, 4) is 0 Å². The van der Waals surface area contributed by atoms with E-state index in [1.165, 1.54) is 19.4 Å². The van der Waals surface area contributed by atoms with Crippen molar-refractivity contribution in [2.24, 2.45) is 5.92 Å². The van der Waals surface area contributed by atoms with E-state index < -0.39 is 0 Å². The smallest absolute Gasteiger partial charge is 0.0247 e. The number of rotatable bonds is 2. The highest BCUT2D eigenvalue weighted by Crippen LogP contribution is 2.30. The van der Waals surface area contributed by atoms with Gasteiger partial charge in [-0.2, -0.15) is 0 Å². The Balaban J connectivity index is 1.99. The molecule has 1 aliphatic carbocycles. The molecule has 1 aromatic rings. The second-order valence-corrected chi connectivity index (χ2v) is 2.82. The van der Waals surface area contributed by atoms with Crippen LogP contribution in [0.3, 0.4) is 0 Å². The van der Waals surface area contributed by atoms with Crippen LogP contribution in [0.15, 0.2) is 24.5 Å². The van der Waals surface area contributed by atoms with Crippen LogP contribution in [-0.4, -0.2) is 4.57 Å². The molecule has 0 radical (unpaired) electrons. The fraction of sp³-hybridized carbons (Fsp3) is 0.500. The minimum absolute atomic E-state index is 0.998. The lowest BCUT2D eigenvalue weighted by Crippen LogP contribution is -1.94. The van der Waals surface area contributed by atoms with Crippen molar-refractivity contribution in [3.63, 3.8) is 0 Å². The third-order valence-corrected chi connectivity index (χ3v) is 1.83. The lowest BCUT2D eigenvalue weighted by Gasteiger charge is -1.96. The van der Waals surface area contributed by atoms with Crippen molar-refractivity contribution in [3.05, 3.63) is 24.5 Å². The van der Waals surface area contributed by atoms with Gasteiger partial charge in [-0.15, -0.1) is 0 Å². The first-order chi connectivity index (χ1) is 4.45. The van der Waals surface area contributed by atoms with Crippen molar-refractivity contribution in [1.82, 2.24) is 4.57 Å². The molecule has 0 bridgehead atoms. The molecule has 1 heterocycles. The van der Waals surface area contributed by atoms with E-state index in [4.69, 9.17) is 0 Å². The van der Waals surface area contributed by atoms with Gasteiger partial charge in [0.2, 0.25) is 0 Å². The Morgan fingerprint density at radius 2 is 1.89 bits per heavy atom. The van der Waals surface area contributed by atoms with E-state index in [2.05, 4.69) is 29.1 Å². The molecule has 1 aromatic heterocycles. The van der Waals surface area contributed by atoms with Crippen molar-refractivity contribution in [2.75, 3.05) is 0 Å². The summed E-state index contributed by atoms with van der Waals surface area (Å²) in [6.07, 6.45) is 7.16. The molecule has 1 nitrogen and oxygen atoms in total. The molecule has 0 aromatic carbocycles. The maximum Gasteiger partial charge on any atom is 0.0247 e. The molecular weight excluding hydrogens is 110 g/mol. The molecule has 0 N–H and O–H groups in total. The quantitative estimate of drug-likeness (QED) is 0.563.